The highest BCUT2D eigenvalue weighted by atomic mass is 35.5. The third-order valence-electron chi connectivity index (χ3n) is 4.12. The van der Waals surface area contributed by atoms with E-state index in [0.717, 1.165) is 32.0 Å². The van der Waals surface area contributed by atoms with Gasteiger partial charge in [0, 0.05) is 18.2 Å². The van der Waals surface area contributed by atoms with Crippen molar-refractivity contribution in [2.75, 3.05) is 7.11 Å². The number of halogens is 1. The summed E-state index contributed by atoms with van der Waals surface area (Å²) in [5, 5.41) is 10.5. The van der Waals surface area contributed by atoms with Crippen molar-refractivity contribution < 1.29 is 14.6 Å². The van der Waals surface area contributed by atoms with Gasteiger partial charge in [0.15, 0.2) is 5.72 Å². The van der Waals surface area contributed by atoms with E-state index in [4.69, 9.17) is 10.5 Å². The Hall–Kier alpha value is -0.940. The van der Waals surface area contributed by atoms with Crippen LogP contribution in [0.3, 0.4) is 0 Å². The zero-order valence-electron chi connectivity index (χ0n) is 11.6. The van der Waals surface area contributed by atoms with Gasteiger partial charge in [-0.15, -0.1) is 12.4 Å². The van der Waals surface area contributed by atoms with Gasteiger partial charge in [-0.25, -0.2) is 0 Å². The van der Waals surface area contributed by atoms with Gasteiger partial charge in [0.2, 0.25) is 0 Å². The predicted molar refractivity (Wildman–Crippen MR) is 79.9 cm³/mol. The normalized spacial score (nSPS) is 19.9. The van der Waals surface area contributed by atoms with Crippen LogP contribution in [-0.4, -0.2) is 24.6 Å². The molecular weight excluding hydrogens is 278 g/mol. The minimum atomic E-state index is -1.21. The smallest absolute Gasteiger partial charge is 0.168 e. The summed E-state index contributed by atoms with van der Waals surface area (Å²) < 4.78 is 5.41. The minimum Gasteiger partial charge on any atom is -0.388 e. The van der Waals surface area contributed by atoms with Crippen LogP contribution in [0.25, 0.3) is 0 Å². The highest BCUT2D eigenvalue weighted by molar-refractivity contribution is 5.85. The highest BCUT2D eigenvalue weighted by Gasteiger charge is 2.41. The molecular formula is C15H22ClNO3. The minimum absolute atomic E-state index is 0. The fourth-order valence-electron chi connectivity index (χ4n) is 2.85. The number of benzene rings is 1. The molecule has 1 aromatic carbocycles. The van der Waals surface area contributed by atoms with Crippen molar-refractivity contribution in [1.82, 2.24) is 0 Å². The van der Waals surface area contributed by atoms with Crippen LogP contribution in [0.4, 0.5) is 0 Å². The molecule has 0 aromatic heterocycles. The molecule has 2 atom stereocenters. The lowest BCUT2D eigenvalue weighted by atomic mass is 9.87. The van der Waals surface area contributed by atoms with E-state index in [0.29, 0.717) is 11.1 Å². The predicted octanol–water partition coefficient (Wildman–Crippen LogP) is 2.23. The molecule has 112 valence electrons. The first-order valence-electron chi connectivity index (χ1n) is 6.69. The van der Waals surface area contributed by atoms with Crippen LogP contribution in [0.2, 0.25) is 0 Å². The molecule has 0 unspecified atom stereocenters. The summed E-state index contributed by atoms with van der Waals surface area (Å²) in [6, 6.07) is 6.85. The molecule has 0 spiro atoms. The number of hydrogen-bond donors (Lipinski definition) is 2. The standard InChI is InChI=1S/C15H21NO3.ClH/c1-19-15(16,14(18)12-4-2-3-5-12)13-8-6-11(10-17)7-9-13;/h6-10,12,14,18H,2-5,16H2,1H3;1H/t14-,15-;/m0./s1. The summed E-state index contributed by atoms with van der Waals surface area (Å²) in [6.07, 6.45) is 4.27. The monoisotopic (exact) mass is 299 g/mol. The molecule has 0 heterocycles. The van der Waals surface area contributed by atoms with Gasteiger partial charge in [-0.3, -0.25) is 10.5 Å². The molecule has 3 N–H and O–H groups in total. The zero-order valence-corrected chi connectivity index (χ0v) is 12.4. The van der Waals surface area contributed by atoms with E-state index >= 15 is 0 Å². The lowest BCUT2D eigenvalue weighted by Gasteiger charge is -2.36. The van der Waals surface area contributed by atoms with E-state index in [-0.39, 0.29) is 18.3 Å². The van der Waals surface area contributed by atoms with Crippen LogP contribution in [0, 0.1) is 5.92 Å². The van der Waals surface area contributed by atoms with Gasteiger partial charge >= 0.3 is 0 Å². The lowest BCUT2D eigenvalue weighted by Crippen LogP contribution is -2.52. The van der Waals surface area contributed by atoms with Crippen molar-refractivity contribution in [2.24, 2.45) is 11.7 Å². The van der Waals surface area contributed by atoms with Crippen molar-refractivity contribution in [3.8, 4) is 0 Å². The third-order valence-corrected chi connectivity index (χ3v) is 4.12. The number of aliphatic hydroxyl groups excluding tert-OH is 1. The molecule has 1 aliphatic rings. The Morgan fingerprint density at radius 2 is 1.90 bits per heavy atom. The van der Waals surface area contributed by atoms with Gasteiger partial charge in [-0.1, -0.05) is 37.1 Å². The maximum atomic E-state index is 10.7. The Bertz CT molecular complexity index is 431. The van der Waals surface area contributed by atoms with Crippen molar-refractivity contribution in [2.45, 2.75) is 37.5 Å². The highest BCUT2D eigenvalue weighted by Crippen LogP contribution is 2.36. The summed E-state index contributed by atoms with van der Waals surface area (Å²) >= 11 is 0. The number of hydrogen-bond acceptors (Lipinski definition) is 4. The van der Waals surface area contributed by atoms with Gasteiger partial charge in [-0.2, -0.15) is 0 Å². The molecule has 1 aliphatic carbocycles. The average Bonchev–Trinajstić information content (AvgIpc) is 3.00. The molecule has 0 amide bonds. The van der Waals surface area contributed by atoms with Crippen LogP contribution in [0.15, 0.2) is 24.3 Å². The first-order valence-corrected chi connectivity index (χ1v) is 6.69. The Labute approximate surface area is 125 Å². The number of carbonyl (C=O) groups is 1. The van der Waals surface area contributed by atoms with E-state index < -0.39 is 11.8 Å². The molecule has 0 aliphatic heterocycles. The molecule has 20 heavy (non-hydrogen) atoms. The summed E-state index contributed by atoms with van der Waals surface area (Å²) in [5.41, 5.74) is 6.34. The summed E-state index contributed by atoms with van der Waals surface area (Å²) in [4.78, 5) is 10.7. The van der Waals surface area contributed by atoms with Crippen LogP contribution < -0.4 is 5.73 Å². The molecule has 2 rings (SSSR count). The van der Waals surface area contributed by atoms with Gasteiger partial charge in [0.25, 0.3) is 0 Å². The van der Waals surface area contributed by atoms with E-state index in [1.807, 2.05) is 0 Å². The molecule has 1 saturated carbocycles. The Balaban J connectivity index is 0.00000200. The number of aldehydes is 1. The van der Waals surface area contributed by atoms with Crippen LogP contribution in [0.5, 0.6) is 0 Å². The first kappa shape index (κ1) is 17.1. The molecule has 0 saturated heterocycles. The Morgan fingerprint density at radius 1 is 1.35 bits per heavy atom. The Morgan fingerprint density at radius 3 is 2.35 bits per heavy atom. The van der Waals surface area contributed by atoms with Gasteiger partial charge in [-0.05, 0) is 18.8 Å². The van der Waals surface area contributed by atoms with E-state index in [1.165, 1.54) is 7.11 Å². The molecule has 1 aromatic rings. The van der Waals surface area contributed by atoms with E-state index in [9.17, 15) is 9.90 Å². The lowest BCUT2D eigenvalue weighted by molar-refractivity contribution is -0.126. The van der Waals surface area contributed by atoms with Crippen molar-refractivity contribution >= 4 is 18.7 Å². The maximum Gasteiger partial charge on any atom is 0.168 e. The number of rotatable bonds is 5. The van der Waals surface area contributed by atoms with Crippen LogP contribution in [-0.2, 0) is 10.5 Å². The van der Waals surface area contributed by atoms with E-state index in [2.05, 4.69) is 0 Å². The first-order chi connectivity index (χ1) is 9.11. The van der Waals surface area contributed by atoms with Crippen LogP contribution in [0.1, 0.15) is 41.6 Å². The van der Waals surface area contributed by atoms with Gasteiger partial charge in [0.05, 0.1) is 0 Å². The molecule has 4 nitrogen and oxygen atoms in total. The third kappa shape index (κ3) is 3.20. The molecule has 5 heteroatoms. The second kappa shape index (κ2) is 7.18. The number of carbonyl (C=O) groups excluding carboxylic acids is 1. The summed E-state index contributed by atoms with van der Waals surface area (Å²) in [7, 11) is 1.51. The quantitative estimate of drug-likeness (QED) is 0.646. The van der Waals surface area contributed by atoms with Crippen molar-refractivity contribution in [1.29, 1.82) is 0 Å². The number of methoxy groups -OCH3 is 1. The molecule has 0 radical (unpaired) electrons. The number of aliphatic hydroxyl groups is 1. The van der Waals surface area contributed by atoms with Gasteiger partial charge in [0.1, 0.15) is 12.4 Å². The topological polar surface area (TPSA) is 72.5 Å². The fraction of sp³-hybridized carbons (Fsp3) is 0.533. The van der Waals surface area contributed by atoms with Crippen molar-refractivity contribution in [3.05, 3.63) is 35.4 Å². The van der Waals surface area contributed by atoms with E-state index in [1.54, 1.807) is 24.3 Å². The largest absolute Gasteiger partial charge is 0.388 e. The fourth-order valence-corrected chi connectivity index (χ4v) is 2.85. The maximum absolute atomic E-state index is 10.7. The number of ether oxygens (including phenoxy) is 1. The molecule has 0 bridgehead atoms. The second-order valence-electron chi connectivity index (χ2n) is 5.23. The average molecular weight is 300 g/mol. The zero-order chi connectivity index (χ0) is 13.9. The van der Waals surface area contributed by atoms with Crippen LogP contribution >= 0.6 is 12.4 Å². The molecule has 1 fully saturated rings. The number of nitrogens with two attached hydrogens (primary N) is 1. The van der Waals surface area contributed by atoms with Crippen molar-refractivity contribution in [3.63, 3.8) is 0 Å². The summed E-state index contributed by atoms with van der Waals surface area (Å²) in [5.74, 6) is 0.177. The SMILES string of the molecule is CO[C@@](N)(c1ccc(C=O)cc1)[C@@H](O)C1CCCC1.Cl. The summed E-state index contributed by atoms with van der Waals surface area (Å²) in [6.45, 7) is 0. The van der Waals surface area contributed by atoms with Gasteiger partial charge < -0.3 is 9.84 Å². The Kier molecular flexibility index (Phi) is 6.14. The second-order valence-corrected chi connectivity index (χ2v) is 5.23.